The summed E-state index contributed by atoms with van der Waals surface area (Å²) in [6.07, 6.45) is -0.295. The zero-order chi connectivity index (χ0) is 26.8. The number of halogens is 2. The molecule has 196 valence electrons. The fourth-order valence-corrected chi connectivity index (χ4v) is 4.36. The number of nitrogens with zero attached hydrogens (tertiary/aromatic N) is 1. The largest absolute Gasteiger partial charge is 0.463 e. The van der Waals surface area contributed by atoms with Crippen LogP contribution in [0, 0.1) is 11.6 Å². The number of ether oxygens (including phenoxy) is 2. The van der Waals surface area contributed by atoms with Crippen molar-refractivity contribution in [3.63, 3.8) is 0 Å². The third-order valence-corrected chi connectivity index (χ3v) is 10.9. The SMILES string of the molecule is CCOC(=O)C1=C(c2cc(F)c(F)cc2CO[Si](C)(C)C(C)(C)C)CCN(C(=O)OC(C)(C)C)C1. The molecule has 1 aromatic carbocycles. The van der Waals surface area contributed by atoms with Crippen LogP contribution in [0.5, 0.6) is 0 Å². The van der Waals surface area contributed by atoms with Crippen molar-refractivity contribution in [2.24, 2.45) is 0 Å². The second kappa shape index (κ2) is 10.8. The Kier molecular flexibility index (Phi) is 8.92. The van der Waals surface area contributed by atoms with Crippen molar-refractivity contribution >= 4 is 26.0 Å². The van der Waals surface area contributed by atoms with Crippen LogP contribution >= 0.6 is 0 Å². The van der Waals surface area contributed by atoms with E-state index in [4.69, 9.17) is 13.9 Å². The van der Waals surface area contributed by atoms with Gasteiger partial charge in [0, 0.05) is 6.54 Å². The van der Waals surface area contributed by atoms with Gasteiger partial charge in [-0.15, -0.1) is 0 Å². The predicted octanol–water partition coefficient (Wildman–Crippen LogP) is 6.44. The molecule has 1 heterocycles. The Labute approximate surface area is 208 Å². The fraction of sp³-hybridized carbons (Fsp3) is 0.615. The van der Waals surface area contributed by atoms with E-state index >= 15 is 0 Å². The Hall–Kier alpha value is -2.26. The summed E-state index contributed by atoms with van der Waals surface area (Å²) in [4.78, 5) is 27.0. The van der Waals surface area contributed by atoms with Gasteiger partial charge >= 0.3 is 12.1 Å². The molecule has 0 N–H and O–H groups in total. The molecule has 6 nitrogen and oxygen atoms in total. The van der Waals surface area contributed by atoms with Gasteiger partial charge in [0.05, 0.1) is 25.3 Å². The van der Waals surface area contributed by atoms with E-state index in [0.717, 1.165) is 12.1 Å². The maximum absolute atomic E-state index is 14.4. The highest BCUT2D eigenvalue weighted by molar-refractivity contribution is 6.74. The Morgan fingerprint density at radius 3 is 2.20 bits per heavy atom. The van der Waals surface area contributed by atoms with Crippen LogP contribution in [0.25, 0.3) is 5.57 Å². The summed E-state index contributed by atoms with van der Waals surface area (Å²) in [5, 5.41) is -0.0696. The minimum Gasteiger partial charge on any atom is -0.463 e. The number of hydrogen-bond donors (Lipinski definition) is 0. The van der Waals surface area contributed by atoms with Gasteiger partial charge in [0.25, 0.3) is 0 Å². The maximum Gasteiger partial charge on any atom is 0.410 e. The number of rotatable bonds is 6. The molecular weight excluding hydrogens is 472 g/mol. The second-order valence-corrected chi connectivity index (χ2v) is 16.1. The second-order valence-electron chi connectivity index (χ2n) is 11.3. The first-order chi connectivity index (χ1) is 16.0. The maximum atomic E-state index is 14.4. The van der Waals surface area contributed by atoms with Crippen molar-refractivity contribution in [1.82, 2.24) is 4.90 Å². The minimum absolute atomic E-state index is 0.0510. The lowest BCUT2D eigenvalue weighted by Gasteiger charge is -2.36. The van der Waals surface area contributed by atoms with Crippen LogP contribution in [0.2, 0.25) is 18.1 Å². The molecule has 0 aliphatic carbocycles. The van der Waals surface area contributed by atoms with Crippen LogP contribution in [-0.2, 0) is 25.3 Å². The lowest BCUT2D eigenvalue weighted by Crippen LogP contribution is -2.42. The lowest BCUT2D eigenvalue weighted by molar-refractivity contribution is -0.138. The van der Waals surface area contributed by atoms with Gasteiger partial charge < -0.3 is 18.8 Å². The molecule has 0 bridgehead atoms. The molecule has 0 spiro atoms. The Morgan fingerprint density at radius 1 is 1.06 bits per heavy atom. The number of esters is 1. The summed E-state index contributed by atoms with van der Waals surface area (Å²) < 4.78 is 45.7. The van der Waals surface area contributed by atoms with Crippen LogP contribution < -0.4 is 0 Å². The zero-order valence-electron chi connectivity index (χ0n) is 22.4. The number of benzene rings is 1. The molecule has 0 radical (unpaired) electrons. The third-order valence-electron chi connectivity index (χ3n) is 6.38. The molecule has 2 rings (SSSR count). The molecule has 0 atom stereocenters. The van der Waals surface area contributed by atoms with Crippen molar-refractivity contribution < 1.29 is 32.3 Å². The number of hydrogen-bond acceptors (Lipinski definition) is 5. The van der Waals surface area contributed by atoms with E-state index in [9.17, 15) is 18.4 Å². The summed E-state index contributed by atoms with van der Waals surface area (Å²) >= 11 is 0. The first kappa shape index (κ1) is 29.0. The van der Waals surface area contributed by atoms with E-state index in [1.54, 1.807) is 27.7 Å². The fourth-order valence-electron chi connectivity index (χ4n) is 3.41. The monoisotopic (exact) mass is 511 g/mol. The Bertz CT molecular complexity index is 993. The van der Waals surface area contributed by atoms with Gasteiger partial charge in [-0.05, 0) is 81.1 Å². The molecule has 1 aliphatic heterocycles. The smallest absolute Gasteiger partial charge is 0.410 e. The summed E-state index contributed by atoms with van der Waals surface area (Å²) in [6, 6.07) is 2.24. The highest BCUT2D eigenvalue weighted by Crippen LogP contribution is 2.38. The summed E-state index contributed by atoms with van der Waals surface area (Å²) in [5.74, 6) is -2.59. The predicted molar refractivity (Wildman–Crippen MR) is 134 cm³/mol. The molecule has 0 aromatic heterocycles. The highest BCUT2D eigenvalue weighted by Gasteiger charge is 2.38. The summed E-state index contributed by atoms with van der Waals surface area (Å²) in [6.45, 7) is 17.8. The Balaban J connectivity index is 2.53. The molecule has 9 heteroatoms. The summed E-state index contributed by atoms with van der Waals surface area (Å²) in [5.41, 5.74) is 0.907. The van der Waals surface area contributed by atoms with Crippen LogP contribution in [0.1, 0.15) is 66.0 Å². The average molecular weight is 512 g/mol. The van der Waals surface area contributed by atoms with Gasteiger partial charge in [0.2, 0.25) is 0 Å². The molecule has 1 amide bonds. The van der Waals surface area contributed by atoms with Crippen molar-refractivity contribution in [2.45, 2.75) is 85.2 Å². The summed E-state index contributed by atoms with van der Waals surface area (Å²) in [7, 11) is -2.18. The van der Waals surface area contributed by atoms with Crippen molar-refractivity contribution in [3.05, 3.63) is 40.5 Å². The van der Waals surface area contributed by atoms with Gasteiger partial charge in [-0.1, -0.05) is 20.8 Å². The first-order valence-electron chi connectivity index (χ1n) is 12.0. The molecule has 1 aliphatic rings. The topological polar surface area (TPSA) is 65.1 Å². The van der Waals surface area contributed by atoms with E-state index < -0.39 is 37.6 Å². The number of carbonyl (C=O) groups excluding carboxylic acids is 2. The van der Waals surface area contributed by atoms with Crippen LogP contribution in [0.15, 0.2) is 17.7 Å². The minimum atomic E-state index is -2.18. The van der Waals surface area contributed by atoms with Crippen molar-refractivity contribution in [2.75, 3.05) is 19.7 Å². The highest BCUT2D eigenvalue weighted by atomic mass is 28.4. The molecule has 0 unspecified atom stereocenters. The van der Waals surface area contributed by atoms with Crippen LogP contribution in [-0.4, -0.2) is 50.6 Å². The molecular formula is C26H39F2NO5Si. The number of carbonyl (C=O) groups is 2. The average Bonchev–Trinajstić information content (AvgIpc) is 2.72. The number of amides is 1. The third kappa shape index (κ3) is 7.36. The quantitative estimate of drug-likeness (QED) is 0.325. The molecule has 0 saturated heterocycles. The molecule has 35 heavy (non-hydrogen) atoms. The van der Waals surface area contributed by atoms with Gasteiger partial charge in [-0.3, -0.25) is 0 Å². The zero-order valence-corrected chi connectivity index (χ0v) is 23.4. The lowest BCUT2D eigenvalue weighted by atomic mass is 9.90. The van der Waals surface area contributed by atoms with E-state index in [2.05, 4.69) is 33.9 Å². The van der Waals surface area contributed by atoms with Gasteiger partial charge in [0.15, 0.2) is 20.0 Å². The van der Waals surface area contributed by atoms with Crippen LogP contribution in [0.3, 0.4) is 0 Å². The molecule has 0 saturated carbocycles. The van der Waals surface area contributed by atoms with E-state index in [0.29, 0.717) is 16.7 Å². The molecule has 0 fully saturated rings. The van der Waals surface area contributed by atoms with Gasteiger partial charge in [0.1, 0.15) is 5.60 Å². The van der Waals surface area contributed by atoms with E-state index in [-0.39, 0.29) is 43.3 Å². The van der Waals surface area contributed by atoms with Gasteiger partial charge in [-0.2, -0.15) is 0 Å². The normalized spacial score (nSPS) is 15.3. The standard InChI is InChI=1S/C26H39F2NO5Si/c1-10-32-23(30)20-15-29(24(31)34-25(2,3)4)12-11-18(20)19-14-22(28)21(27)13-17(19)16-33-35(8,9)26(5,6)7/h13-14H,10-12,15-16H2,1-9H3. The first-order valence-corrected chi connectivity index (χ1v) is 14.9. The molecule has 1 aromatic rings. The van der Waals surface area contributed by atoms with E-state index in [1.165, 1.54) is 4.90 Å². The van der Waals surface area contributed by atoms with Crippen molar-refractivity contribution in [1.29, 1.82) is 0 Å². The Morgan fingerprint density at radius 2 is 1.66 bits per heavy atom. The van der Waals surface area contributed by atoms with Gasteiger partial charge in [-0.25, -0.2) is 18.4 Å². The van der Waals surface area contributed by atoms with Crippen molar-refractivity contribution in [3.8, 4) is 0 Å². The van der Waals surface area contributed by atoms with E-state index in [1.807, 2.05) is 0 Å². The van der Waals surface area contributed by atoms with Crippen LogP contribution in [0.4, 0.5) is 13.6 Å².